The van der Waals surface area contributed by atoms with E-state index in [0.717, 1.165) is 0 Å². The zero-order valence-corrected chi connectivity index (χ0v) is 12.2. The number of nitrogens with one attached hydrogen (secondary N) is 1. The fourth-order valence-corrected chi connectivity index (χ4v) is 3.49. The van der Waals surface area contributed by atoms with E-state index in [4.69, 9.17) is 4.52 Å². The molecule has 2 N–H and O–H groups in total. The molecule has 0 amide bonds. The summed E-state index contributed by atoms with van der Waals surface area (Å²) in [6.07, 6.45) is 0. The molecule has 1 aromatic carbocycles. The van der Waals surface area contributed by atoms with Crippen molar-refractivity contribution in [3.05, 3.63) is 47.3 Å². The molecule has 0 spiro atoms. The van der Waals surface area contributed by atoms with Gasteiger partial charge in [0.25, 0.3) is 0 Å². The van der Waals surface area contributed by atoms with E-state index in [2.05, 4.69) is 9.88 Å². The molecule has 2 aromatic rings. The Labute approximate surface area is 121 Å². The minimum absolute atomic E-state index is 0.109. The summed E-state index contributed by atoms with van der Waals surface area (Å²) in [5.74, 6) is -1.19. The highest BCUT2D eigenvalue weighted by atomic mass is 32.2. The van der Waals surface area contributed by atoms with Gasteiger partial charge in [-0.2, -0.15) is 4.72 Å². The van der Waals surface area contributed by atoms with Crippen LogP contribution in [0.5, 0.6) is 0 Å². The van der Waals surface area contributed by atoms with Crippen molar-refractivity contribution < 1.29 is 22.8 Å². The molecular weight excluding hydrogens is 296 g/mol. The van der Waals surface area contributed by atoms with Crippen LogP contribution in [0.3, 0.4) is 0 Å². The molecule has 1 atom stereocenters. The highest BCUT2D eigenvalue weighted by Crippen LogP contribution is 2.22. The molecule has 1 heterocycles. The average Bonchev–Trinajstić information content (AvgIpc) is 2.77. The molecule has 0 bridgehead atoms. The van der Waals surface area contributed by atoms with Crippen LogP contribution in [0, 0.1) is 13.8 Å². The van der Waals surface area contributed by atoms with E-state index in [-0.39, 0.29) is 16.3 Å². The quantitative estimate of drug-likeness (QED) is 0.863. The lowest BCUT2D eigenvalue weighted by Gasteiger charge is -2.14. The highest BCUT2D eigenvalue weighted by Gasteiger charge is 2.31. The number of sulfonamides is 1. The highest BCUT2D eigenvalue weighted by molar-refractivity contribution is 7.89. The first-order valence-corrected chi connectivity index (χ1v) is 7.54. The first-order chi connectivity index (χ1) is 9.83. The third kappa shape index (κ3) is 3.11. The Kier molecular flexibility index (Phi) is 4.10. The Morgan fingerprint density at radius 2 is 1.90 bits per heavy atom. The number of nitrogens with zero attached hydrogens (tertiary/aromatic N) is 1. The number of aliphatic carboxylic acids is 1. The largest absolute Gasteiger partial charge is 0.480 e. The van der Waals surface area contributed by atoms with Gasteiger partial charge in [-0.25, -0.2) is 8.42 Å². The fraction of sp³-hybridized carbons (Fsp3) is 0.231. The number of hydrogen-bond donors (Lipinski definition) is 2. The van der Waals surface area contributed by atoms with Crippen molar-refractivity contribution in [1.29, 1.82) is 0 Å². The molecule has 0 aliphatic heterocycles. The standard InChI is InChI=1S/C13H14N2O5S/c1-8-12(9(2)20-14-8)21(18,19)15-11(13(16)17)10-6-4-3-5-7-10/h3-7,11,15H,1-2H3,(H,16,17)/t11-/m0/s1. The summed E-state index contributed by atoms with van der Waals surface area (Å²) in [5, 5.41) is 12.8. The maximum Gasteiger partial charge on any atom is 0.326 e. The molecule has 112 valence electrons. The van der Waals surface area contributed by atoms with E-state index in [1.807, 2.05) is 0 Å². The monoisotopic (exact) mass is 310 g/mol. The maximum absolute atomic E-state index is 12.3. The predicted octanol–water partition coefficient (Wildman–Crippen LogP) is 1.40. The van der Waals surface area contributed by atoms with Crippen LogP contribution >= 0.6 is 0 Å². The van der Waals surface area contributed by atoms with Gasteiger partial charge in [-0.3, -0.25) is 4.79 Å². The van der Waals surface area contributed by atoms with Crippen LogP contribution in [0.4, 0.5) is 0 Å². The third-order valence-corrected chi connectivity index (χ3v) is 4.56. The summed E-state index contributed by atoms with van der Waals surface area (Å²) in [5.41, 5.74) is 0.512. The summed E-state index contributed by atoms with van der Waals surface area (Å²) in [6, 6.07) is 6.67. The molecule has 2 rings (SSSR count). The minimum Gasteiger partial charge on any atom is -0.480 e. The van der Waals surface area contributed by atoms with Gasteiger partial charge < -0.3 is 9.63 Å². The first-order valence-electron chi connectivity index (χ1n) is 6.06. The molecule has 1 aromatic heterocycles. The van der Waals surface area contributed by atoms with Crippen LogP contribution < -0.4 is 4.72 Å². The van der Waals surface area contributed by atoms with Crippen LogP contribution in [-0.4, -0.2) is 24.7 Å². The lowest BCUT2D eigenvalue weighted by atomic mass is 10.1. The van der Waals surface area contributed by atoms with Crippen molar-refractivity contribution in [2.45, 2.75) is 24.8 Å². The SMILES string of the molecule is Cc1noc(C)c1S(=O)(=O)N[C@H](C(=O)O)c1ccccc1. The normalized spacial score (nSPS) is 13.0. The van der Waals surface area contributed by atoms with E-state index in [9.17, 15) is 18.3 Å². The van der Waals surface area contributed by atoms with E-state index in [1.165, 1.54) is 26.0 Å². The van der Waals surface area contributed by atoms with Gasteiger partial charge in [-0.1, -0.05) is 35.5 Å². The zero-order chi connectivity index (χ0) is 15.6. The minimum atomic E-state index is -4.06. The average molecular weight is 310 g/mol. The van der Waals surface area contributed by atoms with Crippen LogP contribution in [-0.2, 0) is 14.8 Å². The number of aryl methyl sites for hydroxylation is 2. The van der Waals surface area contributed by atoms with Crippen molar-refractivity contribution in [3.63, 3.8) is 0 Å². The van der Waals surface area contributed by atoms with E-state index >= 15 is 0 Å². The number of rotatable bonds is 5. The van der Waals surface area contributed by atoms with Crippen LogP contribution in [0.2, 0.25) is 0 Å². The Morgan fingerprint density at radius 1 is 1.29 bits per heavy atom. The van der Waals surface area contributed by atoms with Gasteiger partial charge in [0.2, 0.25) is 10.0 Å². The van der Waals surface area contributed by atoms with Crippen molar-refractivity contribution in [2.24, 2.45) is 0 Å². The van der Waals surface area contributed by atoms with Gasteiger partial charge in [-0.15, -0.1) is 0 Å². The van der Waals surface area contributed by atoms with Crippen molar-refractivity contribution >= 4 is 16.0 Å². The summed E-state index contributed by atoms with van der Waals surface area (Å²) in [4.78, 5) is 11.2. The molecule has 0 unspecified atom stereocenters. The molecule has 7 nitrogen and oxygen atoms in total. The molecule has 0 radical (unpaired) electrons. The van der Waals surface area contributed by atoms with Crippen molar-refractivity contribution in [2.75, 3.05) is 0 Å². The molecule has 0 aliphatic rings. The lowest BCUT2D eigenvalue weighted by Crippen LogP contribution is -2.34. The number of hydrogen-bond acceptors (Lipinski definition) is 5. The fourth-order valence-electron chi connectivity index (χ4n) is 1.98. The second-order valence-corrected chi connectivity index (χ2v) is 6.11. The van der Waals surface area contributed by atoms with Crippen molar-refractivity contribution in [1.82, 2.24) is 9.88 Å². The second kappa shape index (κ2) is 5.66. The van der Waals surface area contributed by atoms with Gasteiger partial charge in [0, 0.05) is 0 Å². The van der Waals surface area contributed by atoms with Crippen molar-refractivity contribution in [3.8, 4) is 0 Å². The molecule has 21 heavy (non-hydrogen) atoms. The number of benzene rings is 1. The van der Waals surface area contributed by atoms with Gasteiger partial charge in [0.15, 0.2) is 5.76 Å². The predicted molar refractivity (Wildman–Crippen MR) is 73.1 cm³/mol. The molecule has 0 saturated carbocycles. The summed E-state index contributed by atoms with van der Waals surface area (Å²) < 4.78 is 31.7. The van der Waals surface area contributed by atoms with E-state index in [1.54, 1.807) is 18.2 Å². The second-order valence-electron chi connectivity index (χ2n) is 4.46. The zero-order valence-electron chi connectivity index (χ0n) is 11.4. The summed E-state index contributed by atoms with van der Waals surface area (Å²) in [7, 11) is -4.06. The van der Waals surface area contributed by atoms with E-state index in [0.29, 0.717) is 5.56 Å². The third-order valence-electron chi connectivity index (χ3n) is 2.89. The maximum atomic E-state index is 12.3. The van der Waals surface area contributed by atoms with Gasteiger partial charge in [0.1, 0.15) is 16.6 Å². The number of aromatic nitrogens is 1. The Balaban J connectivity index is 2.40. The topological polar surface area (TPSA) is 110 Å². The first kappa shape index (κ1) is 15.2. The van der Waals surface area contributed by atoms with Gasteiger partial charge in [0.05, 0.1) is 0 Å². The smallest absolute Gasteiger partial charge is 0.326 e. The molecule has 0 aliphatic carbocycles. The van der Waals surface area contributed by atoms with Crippen LogP contribution in [0.1, 0.15) is 23.1 Å². The Hall–Kier alpha value is -2.19. The Bertz CT molecular complexity index is 733. The van der Waals surface area contributed by atoms with Crippen LogP contribution in [0.15, 0.2) is 39.8 Å². The molecule has 0 saturated heterocycles. The summed E-state index contributed by atoms with van der Waals surface area (Å²) in [6.45, 7) is 2.93. The summed E-state index contributed by atoms with van der Waals surface area (Å²) >= 11 is 0. The van der Waals surface area contributed by atoms with E-state index < -0.39 is 22.0 Å². The molecule has 0 fully saturated rings. The van der Waals surface area contributed by atoms with Crippen LogP contribution in [0.25, 0.3) is 0 Å². The van der Waals surface area contributed by atoms with Gasteiger partial charge in [-0.05, 0) is 19.4 Å². The molecule has 8 heteroatoms. The number of carbonyl (C=O) groups is 1. The number of carboxylic acids is 1. The lowest BCUT2D eigenvalue weighted by molar-refractivity contribution is -0.139. The Morgan fingerprint density at radius 3 is 2.38 bits per heavy atom. The number of carboxylic acid groups (broad SMARTS) is 1. The molecular formula is C13H14N2O5S. The van der Waals surface area contributed by atoms with Gasteiger partial charge >= 0.3 is 5.97 Å².